The molecule has 0 aromatic rings. The summed E-state index contributed by atoms with van der Waals surface area (Å²) in [5, 5.41) is 10.1. The molecule has 0 spiro atoms. The fourth-order valence-electron chi connectivity index (χ4n) is 0.0113. The molecule has 0 fully saturated rings. The zero-order chi connectivity index (χ0) is 20.9. The number of carbonyl (C=O) groups is 1. The molecule has 26 heavy (non-hydrogen) atoms. The van der Waals surface area contributed by atoms with Gasteiger partial charge < -0.3 is 9.90 Å². The first-order chi connectivity index (χ1) is 11.1. The van der Waals surface area contributed by atoms with E-state index in [-0.39, 0.29) is 59.8 Å². The van der Waals surface area contributed by atoms with E-state index in [2.05, 4.69) is 58.6 Å². The van der Waals surface area contributed by atoms with Gasteiger partial charge in [0, 0.05) is 97.6 Å². The summed E-state index contributed by atoms with van der Waals surface area (Å²) < 4.78 is 0. The van der Waals surface area contributed by atoms with E-state index in [0.717, 1.165) is 6.29 Å². The maximum absolute atomic E-state index is 10.1. The number of allylic oxidation sites excluding steroid dienone is 2. The van der Waals surface area contributed by atoms with Crippen molar-refractivity contribution in [3.05, 3.63) is 12.2 Å². The molecule has 3 radical (unpaired) electrons. The maximum atomic E-state index is 10.1. The Balaban J connectivity index is -0.0000000248. The Morgan fingerprint density at radius 1 is 0.846 bits per heavy atom. The minimum absolute atomic E-state index is 0. The Morgan fingerprint density at radius 3 is 1.00 bits per heavy atom. The minimum atomic E-state index is -0.750. The van der Waals surface area contributed by atoms with Crippen LogP contribution in [0.1, 0.15) is 61.8 Å². The molecule has 2 nitrogen and oxygen atoms in total. The van der Waals surface area contributed by atoms with E-state index in [0.29, 0.717) is 0 Å². The van der Waals surface area contributed by atoms with Crippen LogP contribution in [0.15, 0.2) is 12.2 Å². The third-order valence-electron chi connectivity index (χ3n) is 0.417. The molecular weight excluding hydrogens is 527 g/mol. The second-order valence-corrected chi connectivity index (χ2v) is 12.9. The minimum Gasteiger partial charge on any atom is -0.850 e. The molecule has 0 atom stereocenters. The van der Waals surface area contributed by atoms with Crippen LogP contribution in [-0.4, -0.2) is 20.3 Å². The average molecular weight is 556 g/mol. The summed E-state index contributed by atoms with van der Waals surface area (Å²) >= 11 is 17.5. The van der Waals surface area contributed by atoms with Crippen LogP contribution < -0.4 is 56.5 Å². The van der Waals surface area contributed by atoms with Gasteiger partial charge in [-0.2, -0.15) is 0 Å². The molecule has 0 amide bonds. The molecule has 0 saturated heterocycles. The first-order valence-corrected chi connectivity index (χ1v) is 15.9. The largest absolute Gasteiger partial charge is 1.00 e. The number of hydrogen-bond acceptors (Lipinski definition) is 6. The predicted octanol–water partition coefficient (Wildman–Crippen LogP) is -0.0493. The second-order valence-electron chi connectivity index (χ2n) is 4.06. The summed E-state index contributed by atoms with van der Waals surface area (Å²) in [7, 11) is 6.29. The average Bonchev–Trinajstić information content (AvgIpc) is 2.48. The van der Waals surface area contributed by atoms with E-state index >= 15 is 0 Å². The molecule has 0 unspecified atom stereocenters. The van der Waals surface area contributed by atoms with Crippen LogP contribution in [0.25, 0.3) is 0 Å². The van der Waals surface area contributed by atoms with E-state index in [9.17, 15) is 5.11 Å². The summed E-state index contributed by atoms with van der Waals surface area (Å²) in [6, 6.07) is 0. The van der Waals surface area contributed by atoms with Gasteiger partial charge in [-0.25, -0.2) is 0 Å². The molecule has 0 aliphatic heterocycles. The van der Waals surface area contributed by atoms with Crippen molar-refractivity contribution in [1.82, 2.24) is 0 Å². The number of carbonyl (C=O) groups excluding carboxylic acids is 1. The standard InChI is InChI=1S/C4H9O.C4H8.C3H8.C2H4O.B.K.S5.S4/c1-4(2,3)5;1-3-4-2;1-3-2;1-2-3;;;1-3-5-4-2;1-3-4-2/h1-3H3;3-4H,1-2H3;3H2,1-2H3;2H,1H3;;;;/q-1;;;;;+1;;. The number of hydrogen-bond donors (Lipinski definition) is 0. The van der Waals surface area contributed by atoms with Crippen LogP contribution >= 0.6 is 0 Å². The molecule has 151 valence electrons. The first kappa shape index (κ1) is 51.6. The van der Waals surface area contributed by atoms with Crippen molar-refractivity contribution >= 4 is 104 Å². The molecule has 0 rings (SSSR count). The Bertz CT molecular complexity index is 409. The Morgan fingerprint density at radius 2 is 1.00 bits per heavy atom. The van der Waals surface area contributed by atoms with Crippen molar-refractivity contribution in [2.45, 2.75) is 67.4 Å². The zero-order valence-electron chi connectivity index (χ0n) is 17.0. The van der Waals surface area contributed by atoms with Crippen LogP contribution in [0, 0.1) is 0 Å². The van der Waals surface area contributed by atoms with E-state index < -0.39 is 5.60 Å². The molecule has 13 heteroatoms. The summed E-state index contributed by atoms with van der Waals surface area (Å²) in [5.41, 5.74) is -0.750. The molecule has 0 aliphatic rings. The smallest absolute Gasteiger partial charge is 0.850 e. The van der Waals surface area contributed by atoms with E-state index in [1.807, 2.05) is 26.0 Å². The third-order valence-corrected chi connectivity index (χ3v) is 7.08. The van der Waals surface area contributed by atoms with E-state index in [1.165, 1.54) is 57.7 Å². The van der Waals surface area contributed by atoms with Gasteiger partial charge in [-0.1, -0.05) is 53.2 Å². The van der Waals surface area contributed by atoms with Gasteiger partial charge in [0.05, 0.1) is 0 Å². The zero-order valence-corrected chi connectivity index (χ0v) is 27.5. The van der Waals surface area contributed by atoms with Crippen LogP contribution in [0.4, 0.5) is 0 Å². The van der Waals surface area contributed by atoms with Gasteiger partial charge in [-0.15, -0.1) is 5.60 Å². The van der Waals surface area contributed by atoms with E-state index in [1.54, 1.807) is 20.8 Å². The molecule has 0 aliphatic carbocycles. The fourth-order valence-corrected chi connectivity index (χ4v) is 2.76. The van der Waals surface area contributed by atoms with Gasteiger partial charge in [0.25, 0.3) is 0 Å². The van der Waals surface area contributed by atoms with Gasteiger partial charge in [0.2, 0.25) is 0 Å². The first-order valence-electron chi connectivity index (χ1n) is 6.59. The van der Waals surface area contributed by atoms with Crippen molar-refractivity contribution in [1.29, 1.82) is 0 Å². The monoisotopic (exact) mass is 555 g/mol. The summed E-state index contributed by atoms with van der Waals surface area (Å²) in [6.07, 6.45) is 6.00. The van der Waals surface area contributed by atoms with Crippen molar-refractivity contribution in [2.75, 3.05) is 0 Å². The van der Waals surface area contributed by atoms with E-state index in [4.69, 9.17) is 4.79 Å². The fraction of sp³-hybridized carbons (Fsp3) is 0.769. The SMILES string of the molecule is CC(C)(C)[O-].CC=CC.CC=O.CCC.S=S=S=S.S=S=S=S=S.[B].[K+]. The second kappa shape index (κ2) is 63.0. The Labute approximate surface area is 240 Å². The number of aldehydes is 1. The molecule has 0 aromatic carbocycles. The topological polar surface area (TPSA) is 40.1 Å². The van der Waals surface area contributed by atoms with Crippen LogP contribution in [0.2, 0.25) is 0 Å². The van der Waals surface area contributed by atoms with Crippen molar-refractivity contribution in [2.24, 2.45) is 0 Å². The molecule has 0 aromatic heterocycles. The number of rotatable bonds is 0. The quantitative estimate of drug-likeness (QED) is 0.237. The van der Waals surface area contributed by atoms with Gasteiger partial charge in [-0.3, -0.25) is 0 Å². The Hall–Kier alpha value is 3.05. The maximum Gasteiger partial charge on any atom is 1.00 e. The van der Waals surface area contributed by atoms with Gasteiger partial charge in [-0.05, 0) is 20.8 Å². The van der Waals surface area contributed by atoms with Crippen LogP contribution in [0.5, 0.6) is 0 Å². The van der Waals surface area contributed by atoms with Crippen molar-refractivity contribution in [3.63, 3.8) is 0 Å². The van der Waals surface area contributed by atoms with Gasteiger partial charge in [0.1, 0.15) is 6.29 Å². The summed E-state index contributed by atoms with van der Waals surface area (Å²) in [6.45, 7) is 14.6. The van der Waals surface area contributed by atoms with Crippen molar-refractivity contribution in [3.8, 4) is 0 Å². The molecular formula is C13H29BKO2S9. The van der Waals surface area contributed by atoms with Crippen LogP contribution in [0.3, 0.4) is 0 Å². The molecule has 0 saturated carbocycles. The molecule has 0 N–H and O–H groups in total. The predicted molar refractivity (Wildman–Crippen MR) is 140 cm³/mol. The van der Waals surface area contributed by atoms with Gasteiger partial charge >= 0.3 is 51.4 Å². The third kappa shape index (κ3) is 369. The summed E-state index contributed by atoms with van der Waals surface area (Å²) in [5.74, 6) is 0. The molecule has 0 heterocycles. The molecule has 0 bridgehead atoms. The summed E-state index contributed by atoms with van der Waals surface area (Å²) in [4.78, 5) is 8.81. The van der Waals surface area contributed by atoms with Gasteiger partial charge in [0.15, 0.2) is 0 Å². The normalized spacial score (nSPS) is 6.81. The van der Waals surface area contributed by atoms with Crippen LogP contribution in [-0.2, 0) is 93.9 Å². The van der Waals surface area contributed by atoms with Crippen molar-refractivity contribution < 1.29 is 61.3 Å². The Kier molecular flexibility index (Phi) is 125.